The normalized spacial score (nSPS) is 21.2. The van der Waals surface area contributed by atoms with Gasteiger partial charge in [-0.15, -0.1) is 0 Å². The van der Waals surface area contributed by atoms with Crippen LogP contribution in [-0.4, -0.2) is 37.2 Å². The van der Waals surface area contributed by atoms with Crippen molar-refractivity contribution in [3.63, 3.8) is 0 Å². The van der Waals surface area contributed by atoms with E-state index in [9.17, 15) is 0 Å². The molecule has 2 nitrogen and oxygen atoms in total. The predicted molar refractivity (Wildman–Crippen MR) is 84.5 cm³/mol. The highest BCUT2D eigenvalue weighted by molar-refractivity contribution is 7.99. The van der Waals surface area contributed by atoms with Crippen LogP contribution in [0.15, 0.2) is 0 Å². The van der Waals surface area contributed by atoms with Crippen LogP contribution in [0.2, 0.25) is 0 Å². The van der Waals surface area contributed by atoms with Crippen molar-refractivity contribution >= 4 is 11.8 Å². The Morgan fingerprint density at radius 2 is 2.17 bits per heavy atom. The van der Waals surface area contributed by atoms with E-state index in [-0.39, 0.29) is 0 Å². The van der Waals surface area contributed by atoms with Crippen LogP contribution < -0.4 is 10.6 Å². The maximum Gasteiger partial charge on any atom is 0.0170 e. The maximum atomic E-state index is 3.65. The van der Waals surface area contributed by atoms with Gasteiger partial charge in [0.1, 0.15) is 0 Å². The van der Waals surface area contributed by atoms with Crippen molar-refractivity contribution in [3.05, 3.63) is 0 Å². The van der Waals surface area contributed by atoms with E-state index in [1.54, 1.807) is 0 Å². The van der Waals surface area contributed by atoms with Crippen LogP contribution in [0.1, 0.15) is 52.9 Å². The average Bonchev–Trinajstić information content (AvgIpc) is 2.36. The van der Waals surface area contributed by atoms with Gasteiger partial charge < -0.3 is 10.6 Å². The van der Waals surface area contributed by atoms with Crippen LogP contribution in [0, 0.1) is 5.41 Å². The molecule has 1 saturated heterocycles. The van der Waals surface area contributed by atoms with Gasteiger partial charge in [0.05, 0.1) is 0 Å². The molecule has 1 fully saturated rings. The van der Waals surface area contributed by atoms with Gasteiger partial charge in [0.15, 0.2) is 0 Å². The van der Waals surface area contributed by atoms with E-state index >= 15 is 0 Å². The minimum absolute atomic E-state index is 0.462. The fourth-order valence-corrected chi connectivity index (χ4v) is 3.45. The summed E-state index contributed by atoms with van der Waals surface area (Å²) in [6, 6.07) is 0.736. The number of hydrogen-bond acceptors (Lipinski definition) is 3. The zero-order valence-electron chi connectivity index (χ0n) is 12.6. The van der Waals surface area contributed by atoms with Crippen molar-refractivity contribution in [2.75, 3.05) is 31.1 Å². The van der Waals surface area contributed by atoms with E-state index in [4.69, 9.17) is 0 Å². The molecule has 0 spiro atoms. The smallest absolute Gasteiger partial charge is 0.0170 e. The summed E-state index contributed by atoms with van der Waals surface area (Å²) < 4.78 is 0. The third kappa shape index (κ3) is 7.65. The lowest BCUT2D eigenvalue weighted by Gasteiger charge is -2.27. The zero-order chi connectivity index (χ0) is 13.3. The summed E-state index contributed by atoms with van der Waals surface area (Å²) in [5.41, 5.74) is 0.462. The minimum Gasteiger partial charge on any atom is -0.316 e. The van der Waals surface area contributed by atoms with Crippen molar-refractivity contribution in [1.82, 2.24) is 10.6 Å². The van der Waals surface area contributed by atoms with Crippen molar-refractivity contribution in [3.8, 4) is 0 Å². The van der Waals surface area contributed by atoms with E-state index in [1.807, 2.05) is 0 Å². The molecule has 0 saturated carbocycles. The first-order valence-electron chi connectivity index (χ1n) is 7.66. The van der Waals surface area contributed by atoms with Crippen molar-refractivity contribution in [2.45, 2.75) is 58.9 Å². The van der Waals surface area contributed by atoms with Gasteiger partial charge in [0.25, 0.3) is 0 Å². The second-order valence-corrected chi connectivity index (χ2v) is 7.46. The third-order valence-electron chi connectivity index (χ3n) is 3.73. The van der Waals surface area contributed by atoms with Crippen LogP contribution in [0.3, 0.4) is 0 Å². The summed E-state index contributed by atoms with van der Waals surface area (Å²) in [6.07, 6.45) is 6.72. The maximum absolute atomic E-state index is 3.65. The molecule has 0 aromatic rings. The Balaban J connectivity index is 2.01. The molecule has 2 N–H and O–H groups in total. The zero-order valence-corrected chi connectivity index (χ0v) is 13.4. The van der Waals surface area contributed by atoms with Crippen LogP contribution >= 0.6 is 11.8 Å². The topological polar surface area (TPSA) is 24.1 Å². The van der Waals surface area contributed by atoms with Crippen molar-refractivity contribution < 1.29 is 0 Å². The van der Waals surface area contributed by atoms with Gasteiger partial charge in [-0.05, 0) is 24.8 Å². The number of rotatable bonds is 9. The second-order valence-electron chi connectivity index (χ2n) is 6.31. The highest BCUT2D eigenvalue weighted by Crippen LogP contribution is 2.22. The lowest BCUT2D eigenvalue weighted by Crippen LogP contribution is -2.40. The predicted octanol–water partition coefficient (Wildman–Crippen LogP) is 3.28. The number of hydrogen-bond donors (Lipinski definition) is 2. The lowest BCUT2D eigenvalue weighted by atomic mass is 9.87. The fourth-order valence-electron chi connectivity index (χ4n) is 2.45. The molecule has 108 valence electrons. The first-order valence-corrected chi connectivity index (χ1v) is 8.81. The molecular formula is C15H32N2S. The fraction of sp³-hybridized carbons (Fsp3) is 1.00. The molecule has 0 aromatic carbocycles. The Kier molecular flexibility index (Phi) is 8.36. The number of nitrogens with one attached hydrogen (secondary N) is 2. The van der Waals surface area contributed by atoms with E-state index < -0.39 is 0 Å². The molecule has 1 rings (SSSR count). The summed E-state index contributed by atoms with van der Waals surface area (Å²) in [7, 11) is 0. The third-order valence-corrected chi connectivity index (χ3v) is 4.86. The molecular weight excluding hydrogens is 240 g/mol. The summed E-state index contributed by atoms with van der Waals surface area (Å²) in [4.78, 5) is 0. The monoisotopic (exact) mass is 272 g/mol. The molecule has 0 bridgehead atoms. The molecule has 1 atom stereocenters. The Labute approximate surface area is 118 Å². The number of thioether (sulfide) groups is 1. The van der Waals surface area contributed by atoms with Gasteiger partial charge in [-0.2, -0.15) is 11.8 Å². The standard InChI is InChI=1S/C15H32N2S/c1-4-5-6-8-15(2,3)13-16-9-7-14-12-18-11-10-17-14/h14,16-17H,4-13H2,1-3H3. The van der Waals surface area contributed by atoms with Crippen molar-refractivity contribution in [2.24, 2.45) is 5.41 Å². The van der Waals surface area contributed by atoms with Gasteiger partial charge in [-0.3, -0.25) is 0 Å². The highest BCUT2D eigenvalue weighted by atomic mass is 32.2. The first-order chi connectivity index (χ1) is 8.64. The van der Waals surface area contributed by atoms with Crippen LogP contribution in [0.25, 0.3) is 0 Å². The van der Waals surface area contributed by atoms with Gasteiger partial charge >= 0.3 is 0 Å². The van der Waals surface area contributed by atoms with E-state index in [0.717, 1.165) is 19.1 Å². The second kappa shape index (κ2) is 9.22. The summed E-state index contributed by atoms with van der Waals surface area (Å²) in [6.45, 7) is 10.6. The lowest BCUT2D eigenvalue weighted by molar-refractivity contribution is 0.300. The van der Waals surface area contributed by atoms with Gasteiger partial charge in [-0.25, -0.2) is 0 Å². The average molecular weight is 273 g/mol. The van der Waals surface area contributed by atoms with Crippen LogP contribution in [-0.2, 0) is 0 Å². The Bertz CT molecular complexity index is 201. The molecule has 1 heterocycles. The molecule has 0 aromatic heterocycles. The first kappa shape index (κ1) is 16.3. The Morgan fingerprint density at radius 1 is 1.33 bits per heavy atom. The minimum atomic E-state index is 0.462. The molecule has 1 aliphatic rings. The van der Waals surface area contributed by atoms with E-state index in [2.05, 4.69) is 43.2 Å². The van der Waals surface area contributed by atoms with Crippen LogP contribution in [0.4, 0.5) is 0 Å². The molecule has 0 amide bonds. The summed E-state index contributed by atoms with van der Waals surface area (Å²) >= 11 is 2.09. The molecule has 18 heavy (non-hydrogen) atoms. The summed E-state index contributed by atoms with van der Waals surface area (Å²) in [5, 5.41) is 7.25. The van der Waals surface area contributed by atoms with Gasteiger partial charge in [0, 0.05) is 30.6 Å². The molecule has 3 heteroatoms. The van der Waals surface area contributed by atoms with Gasteiger partial charge in [-0.1, -0.05) is 40.0 Å². The number of unbranched alkanes of at least 4 members (excludes halogenated alkanes) is 2. The van der Waals surface area contributed by atoms with Crippen LogP contribution in [0.5, 0.6) is 0 Å². The Hall–Kier alpha value is 0.270. The highest BCUT2D eigenvalue weighted by Gasteiger charge is 2.17. The largest absolute Gasteiger partial charge is 0.316 e. The molecule has 0 radical (unpaired) electrons. The molecule has 0 aliphatic carbocycles. The molecule has 1 aliphatic heterocycles. The van der Waals surface area contributed by atoms with E-state index in [1.165, 1.54) is 50.2 Å². The SMILES string of the molecule is CCCCCC(C)(C)CNCCC1CSCCN1. The summed E-state index contributed by atoms with van der Waals surface area (Å²) in [5.74, 6) is 2.58. The molecule has 1 unspecified atom stereocenters. The Morgan fingerprint density at radius 3 is 2.83 bits per heavy atom. The van der Waals surface area contributed by atoms with E-state index in [0.29, 0.717) is 5.41 Å². The quantitative estimate of drug-likeness (QED) is 0.630. The van der Waals surface area contributed by atoms with Crippen molar-refractivity contribution in [1.29, 1.82) is 0 Å². The van der Waals surface area contributed by atoms with Gasteiger partial charge in [0.2, 0.25) is 0 Å².